The first kappa shape index (κ1) is 12.1. The lowest BCUT2D eigenvalue weighted by molar-refractivity contribution is 0.828. The number of rotatable bonds is 4. The lowest BCUT2D eigenvalue weighted by Gasteiger charge is -2.23. The molecule has 2 aromatic rings. The first-order chi connectivity index (χ1) is 8.29. The highest BCUT2D eigenvalue weighted by Crippen LogP contribution is 2.19. The molecule has 1 aromatic heterocycles. The van der Waals surface area contributed by atoms with Crippen LogP contribution in [0.15, 0.2) is 53.3 Å². The summed E-state index contributed by atoms with van der Waals surface area (Å²) in [6.07, 6.45) is 3.71. The summed E-state index contributed by atoms with van der Waals surface area (Å²) in [5.74, 6) is 0. The molecule has 0 bridgehead atoms. The van der Waals surface area contributed by atoms with Crippen molar-refractivity contribution in [2.24, 2.45) is 0 Å². The van der Waals surface area contributed by atoms with E-state index in [1.165, 1.54) is 5.56 Å². The standard InChI is InChI=1S/C14H15BrN2/c1-2-17(11-12-6-4-3-5-7-12)14-8-13(15)9-16-10-14/h3-10H,2,11H2,1H3. The van der Waals surface area contributed by atoms with E-state index in [4.69, 9.17) is 0 Å². The monoisotopic (exact) mass is 290 g/mol. The molecule has 0 aliphatic heterocycles. The minimum Gasteiger partial charge on any atom is -0.366 e. The van der Waals surface area contributed by atoms with Gasteiger partial charge in [0.2, 0.25) is 0 Å². The van der Waals surface area contributed by atoms with Crippen LogP contribution in [0.25, 0.3) is 0 Å². The molecular weight excluding hydrogens is 276 g/mol. The summed E-state index contributed by atoms with van der Waals surface area (Å²) >= 11 is 3.46. The van der Waals surface area contributed by atoms with E-state index in [9.17, 15) is 0 Å². The fourth-order valence-corrected chi connectivity index (χ4v) is 2.12. The summed E-state index contributed by atoms with van der Waals surface area (Å²) < 4.78 is 1.02. The van der Waals surface area contributed by atoms with Crippen molar-refractivity contribution in [3.63, 3.8) is 0 Å². The summed E-state index contributed by atoms with van der Waals surface area (Å²) in [6, 6.07) is 12.6. The van der Waals surface area contributed by atoms with E-state index in [-0.39, 0.29) is 0 Å². The minimum atomic E-state index is 0.912. The first-order valence-electron chi connectivity index (χ1n) is 5.69. The molecule has 0 aliphatic carbocycles. The third kappa shape index (κ3) is 3.30. The van der Waals surface area contributed by atoms with Crippen LogP contribution < -0.4 is 4.90 Å². The SMILES string of the molecule is CCN(Cc1ccccc1)c1cncc(Br)c1. The number of benzene rings is 1. The van der Waals surface area contributed by atoms with Gasteiger partial charge in [0.25, 0.3) is 0 Å². The Morgan fingerprint density at radius 2 is 1.94 bits per heavy atom. The van der Waals surface area contributed by atoms with Crippen molar-refractivity contribution >= 4 is 21.6 Å². The molecule has 0 N–H and O–H groups in total. The molecule has 0 atom stereocenters. The Hall–Kier alpha value is -1.35. The smallest absolute Gasteiger partial charge is 0.0566 e. The zero-order valence-electron chi connectivity index (χ0n) is 9.81. The Morgan fingerprint density at radius 1 is 1.18 bits per heavy atom. The van der Waals surface area contributed by atoms with Crippen LogP contribution in [0.4, 0.5) is 5.69 Å². The Morgan fingerprint density at radius 3 is 2.59 bits per heavy atom. The number of pyridine rings is 1. The highest BCUT2D eigenvalue weighted by Gasteiger charge is 2.05. The second-order valence-electron chi connectivity index (χ2n) is 3.86. The zero-order valence-corrected chi connectivity index (χ0v) is 11.4. The topological polar surface area (TPSA) is 16.1 Å². The van der Waals surface area contributed by atoms with E-state index in [2.05, 4.69) is 63.1 Å². The third-order valence-electron chi connectivity index (χ3n) is 2.65. The molecule has 0 aliphatic rings. The maximum atomic E-state index is 4.21. The van der Waals surface area contributed by atoms with E-state index in [1.807, 2.05) is 12.3 Å². The van der Waals surface area contributed by atoms with Gasteiger partial charge in [-0.3, -0.25) is 4.98 Å². The molecule has 1 aromatic carbocycles. The average molecular weight is 291 g/mol. The van der Waals surface area contributed by atoms with E-state index < -0.39 is 0 Å². The van der Waals surface area contributed by atoms with Gasteiger partial charge >= 0.3 is 0 Å². The van der Waals surface area contributed by atoms with Crippen LogP contribution in [-0.4, -0.2) is 11.5 Å². The van der Waals surface area contributed by atoms with Gasteiger partial charge in [0.05, 0.1) is 11.9 Å². The fraction of sp³-hybridized carbons (Fsp3) is 0.214. The summed E-state index contributed by atoms with van der Waals surface area (Å²) in [5, 5.41) is 0. The Balaban J connectivity index is 2.17. The van der Waals surface area contributed by atoms with Crippen LogP contribution in [0.1, 0.15) is 12.5 Å². The molecule has 0 radical (unpaired) electrons. The molecule has 1 heterocycles. The van der Waals surface area contributed by atoms with Crippen molar-refractivity contribution in [3.05, 3.63) is 58.8 Å². The summed E-state index contributed by atoms with van der Waals surface area (Å²) in [6.45, 7) is 4.03. The molecular formula is C14H15BrN2. The fourth-order valence-electron chi connectivity index (χ4n) is 1.76. The van der Waals surface area contributed by atoms with Gasteiger partial charge in [-0.1, -0.05) is 30.3 Å². The van der Waals surface area contributed by atoms with Crippen molar-refractivity contribution in [2.75, 3.05) is 11.4 Å². The van der Waals surface area contributed by atoms with Gasteiger partial charge in [-0.25, -0.2) is 0 Å². The predicted octanol–water partition coefficient (Wildman–Crippen LogP) is 3.87. The molecule has 17 heavy (non-hydrogen) atoms. The molecule has 2 rings (SSSR count). The minimum absolute atomic E-state index is 0.912. The molecule has 0 fully saturated rings. The van der Waals surface area contributed by atoms with Crippen LogP contribution >= 0.6 is 15.9 Å². The maximum Gasteiger partial charge on any atom is 0.0566 e. The van der Waals surface area contributed by atoms with Crippen molar-refractivity contribution in [3.8, 4) is 0 Å². The second kappa shape index (κ2) is 5.82. The predicted molar refractivity (Wildman–Crippen MR) is 75.1 cm³/mol. The number of aromatic nitrogens is 1. The van der Waals surface area contributed by atoms with E-state index in [0.29, 0.717) is 0 Å². The van der Waals surface area contributed by atoms with Crippen molar-refractivity contribution < 1.29 is 0 Å². The van der Waals surface area contributed by atoms with Crippen LogP contribution in [0.5, 0.6) is 0 Å². The van der Waals surface area contributed by atoms with Crippen LogP contribution in [-0.2, 0) is 6.54 Å². The Bertz CT molecular complexity index is 471. The Labute approximate surface area is 110 Å². The maximum absolute atomic E-state index is 4.21. The van der Waals surface area contributed by atoms with Gasteiger partial charge in [0.1, 0.15) is 0 Å². The van der Waals surface area contributed by atoms with Crippen molar-refractivity contribution in [2.45, 2.75) is 13.5 Å². The molecule has 0 spiro atoms. The molecule has 2 nitrogen and oxygen atoms in total. The van der Waals surface area contributed by atoms with Gasteiger partial charge in [0.15, 0.2) is 0 Å². The number of hydrogen-bond donors (Lipinski definition) is 0. The number of anilines is 1. The molecule has 3 heteroatoms. The van der Waals surface area contributed by atoms with Crippen LogP contribution in [0.3, 0.4) is 0 Å². The largest absolute Gasteiger partial charge is 0.366 e. The van der Waals surface area contributed by atoms with Gasteiger partial charge in [-0.15, -0.1) is 0 Å². The summed E-state index contributed by atoms with van der Waals surface area (Å²) in [4.78, 5) is 6.50. The number of nitrogens with zero attached hydrogens (tertiary/aromatic N) is 2. The lowest BCUT2D eigenvalue weighted by Crippen LogP contribution is -2.22. The molecule has 0 amide bonds. The van der Waals surface area contributed by atoms with Gasteiger partial charge in [-0.2, -0.15) is 0 Å². The molecule has 0 saturated carbocycles. The van der Waals surface area contributed by atoms with Crippen molar-refractivity contribution in [1.82, 2.24) is 4.98 Å². The lowest BCUT2D eigenvalue weighted by atomic mass is 10.2. The van der Waals surface area contributed by atoms with E-state index in [0.717, 1.165) is 23.2 Å². The molecule has 88 valence electrons. The summed E-state index contributed by atoms with van der Waals surface area (Å²) in [5.41, 5.74) is 2.46. The van der Waals surface area contributed by atoms with Gasteiger partial charge in [0, 0.05) is 23.8 Å². The van der Waals surface area contributed by atoms with Gasteiger partial charge in [-0.05, 0) is 34.5 Å². The average Bonchev–Trinajstić information content (AvgIpc) is 2.37. The number of hydrogen-bond acceptors (Lipinski definition) is 2. The van der Waals surface area contributed by atoms with E-state index >= 15 is 0 Å². The van der Waals surface area contributed by atoms with Crippen LogP contribution in [0.2, 0.25) is 0 Å². The third-order valence-corrected chi connectivity index (χ3v) is 3.09. The highest BCUT2D eigenvalue weighted by molar-refractivity contribution is 9.10. The van der Waals surface area contributed by atoms with E-state index in [1.54, 1.807) is 6.20 Å². The summed E-state index contributed by atoms with van der Waals surface area (Å²) in [7, 11) is 0. The zero-order chi connectivity index (χ0) is 12.1. The quantitative estimate of drug-likeness (QED) is 0.850. The second-order valence-corrected chi connectivity index (χ2v) is 4.78. The van der Waals surface area contributed by atoms with Crippen molar-refractivity contribution in [1.29, 1.82) is 0 Å². The Kier molecular flexibility index (Phi) is 4.15. The van der Waals surface area contributed by atoms with Gasteiger partial charge < -0.3 is 4.90 Å². The first-order valence-corrected chi connectivity index (χ1v) is 6.48. The molecule has 0 saturated heterocycles. The highest BCUT2D eigenvalue weighted by atomic mass is 79.9. The van der Waals surface area contributed by atoms with Crippen LogP contribution in [0, 0.1) is 0 Å². The normalized spacial score (nSPS) is 10.2. The number of halogens is 1. The molecule has 0 unspecified atom stereocenters.